The maximum atomic E-state index is 10.5. The Balaban J connectivity index is 2.19. The van der Waals surface area contributed by atoms with Crippen molar-refractivity contribution in [1.29, 1.82) is 0 Å². The molecule has 1 aromatic carbocycles. The van der Waals surface area contributed by atoms with Gasteiger partial charge in [-0.2, -0.15) is 0 Å². The average molecular weight is 220 g/mol. The second-order valence-corrected chi connectivity index (χ2v) is 4.94. The zero-order valence-electron chi connectivity index (χ0n) is 10.0. The van der Waals surface area contributed by atoms with Crippen LogP contribution in [0.2, 0.25) is 0 Å². The molecular weight excluding hydrogens is 200 g/mol. The molecule has 0 spiro atoms. The predicted octanol–water partition coefficient (Wildman–Crippen LogP) is 3.06. The van der Waals surface area contributed by atoms with E-state index in [1.807, 2.05) is 30.3 Å². The first-order valence-corrected chi connectivity index (χ1v) is 6.07. The van der Waals surface area contributed by atoms with Crippen molar-refractivity contribution in [1.82, 2.24) is 0 Å². The summed E-state index contributed by atoms with van der Waals surface area (Å²) in [5, 5.41) is 10.5. The van der Waals surface area contributed by atoms with Gasteiger partial charge < -0.3 is 9.84 Å². The summed E-state index contributed by atoms with van der Waals surface area (Å²) in [4.78, 5) is 0. The average Bonchev–Trinajstić information content (AvgIpc) is 2.30. The standard InChI is InChI=1S/C14H20O2/c1-11(2)13-9-6-10-14(15,16-13)12-7-4-3-5-8-12/h3-5,7-8,11,13,15H,6,9-10H2,1-2H3. The van der Waals surface area contributed by atoms with Gasteiger partial charge in [0.05, 0.1) is 6.10 Å². The quantitative estimate of drug-likeness (QED) is 0.830. The Kier molecular flexibility index (Phi) is 3.31. The second-order valence-electron chi connectivity index (χ2n) is 4.94. The monoisotopic (exact) mass is 220 g/mol. The number of hydrogen-bond donors (Lipinski definition) is 1. The van der Waals surface area contributed by atoms with E-state index in [0.717, 1.165) is 18.4 Å². The van der Waals surface area contributed by atoms with Crippen molar-refractivity contribution >= 4 is 0 Å². The molecule has 1 aliphatic rings. The van der Waals surface area contributed by atoms with Crippen LogP contribution in [-0.4, -0.2) is 11.2 Å². The van der Waals surface area contributed by atoms with Gasteiger partial charge in [-0.15, -0.1) is 0 Å². The minimum absolute atomic E-state index is 0.166. The van der Waals surface area contributed by atoms with Gasteiger partial charge in [0.15, 0.2) is 5.79 Å². The summed E-state index contributed by atoms with van der Waals surface area (Å²) >= 11 is 0. The Hall–Kier alpha value is -0.860. The minimum Gasteiger partial charge on any atom is -0.362 e. The molecule has 2 rings (SSSR count). The van der Waals surface area contributed by atoms with Crippen LogP contribution in [0.3, 0.4) is 0 Å². The third-order valence-electron chi connectivity index (χ3n) is 3.32. The fourth-order valence-corrected chi connectivity index (χ4v) is 2.29. The van der Waals surface area contributed by atoms with Crippen molar-refractivity contribution in [2.24, 2.45) is 5.92 Å². The second kappa shape index (κ2) is 4.56. The number of ether oxygens (including phenoxy) is 1. The van der Waals surface area contributed by atoms with Crippen molar-refractivity contribution in [2.45, 2.75) is 45.0 Å². The van der Waals surface area contributed by atoms with Crippen LogP contribution in [0.4, 0.5) is 0 Å². The maximum Gasteiger partial charge on any atom is 0.192 e. The van der Waals surface area contributed by atoms with Crippen LogP contribution >= 0.6 is 0 Å². The Bertz CT molecular complexity index is 334. The number of benzene rings is 1. The van der Waals surface area contributed by atoms with Crippen LogP contribution in [0.5, 0.6) is 0 Å². The van der Waals surface area contributed by atoms with Crippen LogP contribution in [0.15, 0.2) is 30.3 Å². The third-order valence-corrected chi connectivity index (χ3v) is 3.32. The highest BCUT2D eigenvalue weighted by atomic mass is 16.6. The normalized spacial score (nSPS) is 30.6. The van der Waals surface area contributed by atoms with Crippen molar-refractivity contribution < 1.29 is 9.84 Å². The molecule has 2 atom stereocenters. The number of rotatable bonds is 2. The Morgan fingerprint density at radius 3 is 2.62 bits per heavy atom. The summed E-state index contributed by atoms with van der Waals surface area (Å²) < 4.78 is 5.88. The fraction of sp³-hybridized carbons (Fsp3) is 0.571. The molecule has 1 N–H and O–H groups in total. The Morgan fingerprint density at radius 2 is 2.00 bits per heavy atom. The zero-order chi connectivity index (χ0) is 11.6. The van der Waals surface area contributed by atoms with Crippen molar-refractivity contribution in [2.75, 3.05) is 0 Å². The van der Waals surface area contributed by atoms with E-state index < -0.39 is 5.79 Å². The summed E-state index contributed by atoms with van der Waals surface area (Å²) in [6.45, 7) is 4.28. The van der Waals surface area contributed by atoms with Gasteiger partial charge in [-0.3, -0.25) is 0 Å². The molecule has 0 aliphatic carbocycles. The molecule has 1 aromatic rings. The highest BCUT2D eigenvalue weighted by molar-refractivity contribution is 5.20. The molecule has 2 nitrogen and oxygen atoms in total. The van der Waals surface area contributed by atoms with E-state index in [1.54, 1.807) is 0 Å². The lowest BCUT2D eigenvalue weighted by Gasteiger charge is -2.39. The molecule has 1 saturated heterocycles. The maximum absolute atomic E-state index is 10.5. The van der Waals surface area contributed by atoms with Gasteiger partial charge in [0.25, 0.3) is 0 Å². The number of hydrogen-bond acceptors (Lipinski definition) is 2. The first-order valence-electron chi connectivity index (χ1n) is 6.07. The van der Waals surface area contributed by atoms with Gasteiger partial charge in [-0.1, -0.05) is 44.2 Å². The van der Waals surface area contributed by atoms with E-state index in [2.05, 4.69) is 13.8 Å². The molecule has 0 saturated carbocycles. The van der Waals surface area contributed by atoms with Gasteiger partial charge in [0, 0.05) is 12.0 Å². The van der Waals surface area contributed by atoms with E-state index in [1.165, 1.54) is 0 Å². The van der Waals surface area contributed by atoms with Gasteiger partial charge in [-0.05, 0) is 18.8 Å². The number of aliphatic hydroxyl groups is 1. The summed E-state index contributed by atoms with van der Waals surface area (Å²) in [6.07, 6.45) is 2.93. The molecule has 0 aromatic heterocycles. The van der Waals surface area contributed by atoms with Crippen LogP contribution < -0.4 is 0 Å². The first-order chi connectivity index (χ1) is 7.62. The smallest absolute Gasteiger partial charge is 0.192 e. The van der Waals surface area contributed by atoms with Crippen LogP contribution in [0, 0.1) is 5.92 Å². The van der Waals surface area contributed by atoms with Crippen LogP contribution in [0.1, 0.15) is 38.7 Å². The molecule has 1 heterocycles. The fourth-order valence-electron chi connectivity index (χ4n) is 2.29. The van der Waals surface area contributed by atoms with Gasteiger partial charge in [-0.25, -0.2) is 0 Å². The Morgan fingerprint density at radius 1 is 1.31 bits per heavy atom. The van der Waals surface area contributed by atoms with Crippen molar-refractivity contribution in [3.8, 4) is 0 Å². The van der Waals surface area contributed by atoms with Crippen LogP contribution in [0.25, 0.3) is 0 Å². The summed E-state index contributed by atoms with van der Waals surface area (Å²) in [6, 6.07) is 9.70. The molecule has 88 valence electrons. The molecule has 2 unspecified atom stereocenters. The lowest BCUT2D eigenvalue weighted by Crippen LogP contribution is -2.40. The molecule has 1 aliphatic heterocycles. The first kappa shape index (κ1) is 11.6. The van der Waals surface area contributed by atoms with Crippen molar-refractivity contribution in [3.63, 3.8) is 0 Å². The highest BCUT2D eigenvalue weighted by Gasteiger charge is 2.37. The largest absolute Gasteiger partial charge is 0.362 e. The minimum atomic E-state index is -1.07. The van der Waals surface area contributed by atoms with E-state index in [-0.39, 0.29) is 6.10 Å². The van der Waals surface area contributed by atoms with E-state index in [0.29, 0.717) is 12.3 Å². The van der Waals surface area contributed by atoms with Crippen LogP contribution in [-0.2, 0) is 10.5 Å². The molecule has 0 radical (unpaired) electrons. The zero-order valence-corrected chi connectivity index (χ0v) is 10.0. The van der Waals surface area contributed by atoms with Crippen molar-refractivity contribution in [3.05, 3.63) is 35.9 Å². The predicted molar refractivity (Wildman–Crippen MR) is 63.9 cm³/mol. The van der Waals surface area contributed by atoms with E-state index in [4.69, 9.17) is 4.74 Å². The van der Waals surface area contributed by atoms with Gasteiger partial charge in [0.1, 0.15) is 0 Å². The molecular formula is C14H20O2. The lowest BCUT2D eigenvalue weighted by molar-refractivity contribution is -0.270. The molecule has 1 fully saturated rings. The molecule has 0 bridgehead atoms. The summed E-state index contributed by atoms with van der Waals surface area (Å²) in [7, 11) is 0. The molecule has 2 heteroatoms. The lowest BCUT2D eigenvalue weighted by atomic mass is 9.91. The third kappa shape index (κ3) is 2.28. The molecule has 0 amide bonds. The van der Waals surface area contributed by atoms with Gasteiger partial charge in [0.2, 0.25) is 0 Å². The summed E-state index contributed by atoms with van der Waals surface area (Å²) in [5.41, 5.74) is 0.875. The molecule has 16 heavy (non-hydrogen) atoms. The SMILES string of the molecule is CC(C)C1CCCC(O)(c2ccccc2)O1. The Labute approximate surface area is 97.3 Å². The topological polar surface area (TPSA) is 29.5 Å². The summed E-state index contributed by atoms with van der Waals surface area (Å²) in [5.74, 6) is -0.621. The highest BCUT2D eigenvalue weighted by Crippen LogP contribution is 2.37. The van der Waals surface area contributed by atoms with E-state index >= 15 is 0 Å². The van der Waals surface area contributed by atoms with Gasteiger partial charge >= 0.3 is 0 Å². The van der Waals surface area contributed by atoms with E-state index in [9.17, 15) is 5.11 Å².